The molecule has 2 heterocycles. The van der Waals surface area contributed by atoms with E-state index in [0.717, 1.165) is 39.0 Å². The predicted octanol–water partition coefficient (Wildman–Crippen LogP) is 1.15. The van der Waals surface area contributed by atoms with Crippen LogP contribution in [0, 0.1) is 0 Å². The van der Waals surface area contributed by atoms with Gasteiger partial charge in [0.15, 0.2) is 0 Å². The molecule has 3 atom stereocenters. The van der Waals surface area contributed by atoms with E-state index in [2.05, 4.69) is 19.2 Å². The maximum absolute atomic E-state index is 12.2. The van der Waals surface area contributed by atoms with Gasteiger partial charge in [-0.1, -0.05) is 0 Å². The van der Waals surface area contributed by atoms with Crippen molar-refractivity contribution in [2.45, 2.75) is 57.7 Å². The number of nitrogens with one attached hydrogen (secondary N) is 1. The van der Waals surface area contributed by atoms with Crippen molar-refractivity contribution in [3.05, 3.63) is 0 Å². The van der Waals surface area contributed by atoms with Gasteiger partial charge in [-0.3, -0.25) is 10.1 Å². The van der Waals surface area contributed by atoms with Gasteiger partial charge >= 0.3 is 0 Å². The van der Waals surface area contributed by atoms with Crippen LogP contribution >= 0.6 is 0 Å². The number of amides is 1. The third-order valence-electron chi connectivity index (χ3n) is 4.22. The predicted molar refractivity (Wildman–Crippen MR) is 66.8 cm³/mol. The molecule has 4 nitrogen and oxygen atoms in total. The first-order valence-corrected chi connectivity index (χ1v) is 6.71. The number of carbonyl (C=O) groups excluding carboxylic acids is 1. The minimum atomic E-state index is -0.109. The van der Waals surface area contributed by atoms with Crippen LogP contribution in [0.5, 0.6) is 0 Å². The fraction of sp³-hybridized carbons (Fsp3) is 0.923. The monoisotopic (exact) mass is 240 g/mol. The Bertz CT molecular complexity index is 289. The van der Waals surface area contributed by atoms with Gasteiger partial charge in [-0.2, -0.15) is 0 Å². The lowest BCUT2D eigenvalue weighted by molar-refractivity contribution is -0.132. The average Bonchev–Trinajstić information content (AvgIpc) is 2.89. The SMILES string of the molecule is CC(NC1(C)CCOC1C)C(=O)N1CCCC1. The summed E-state index contributed by atoms with van der Waals surface area (Å²) in [6.07, 6.45) is 3.45. The van der Waals surface area contributed by atoms with Gasteiger partial charge in [-0.15, -0.1) is 0 Å². The Morgan fingerprint density at radius 2 is 2.12 bits per heavy atom. The molecule has 0 bridgehead atoms. The van der Waals surface area contributed by atoms with Gasteiger partial charge in [-0.25, -0.2) is 0 Å². The molecule has 2 fully saturated rings. The fourth-order valence-corrected chi connectivity index (χ4v) is 2.79. The zero-order chi connectivity index (χ0) is 12.5. The molecule has 17 heavy (non-hydrogen) atoms. The van der Waals surface area contributed by atoms with Crippen molar-refractivity contribution < 1.29 is 9.53 Å². The Balaban J connectivity index is 1.91. The highest BCUT2D eigenvalue weighted by Gasteiger charge is 2.39. The van der Waals surface area contributed by atoms with Crippen LogP contribution in [0.25, 0.3) is 0 Å². The quantitative estimate of drug-likeness (QED) is 0.804. The molecule has 2 saturated heterocycles. The second kappa shape index (κ2) is 4.94. The van der Waals surface area contributed by atoms with E-state index in [1.54, 1.807) is 0 Å². The van der Waals surface area contributed by atoms with Gasteiger partial charge in [0, 0.05) is 25.2 Å². The van der Waals surface area contributed by atoms with Crippen molar-refractivity contribution in [3.8, 4) is 0 Å². The van der Waals surface area contributed by atoms with E-state index in [0.29, 0.717) is 0 Å². The average molecular weight is 240 g/mol. The summed E-state index contributed by atoms with van der Waals surface area (Å²) in [7, 11) is 0. The number of rotatable bonds is 3. The van der Waals surface area contributed by atoms with Crippen molar-refractivity contribution in [2.75, 3.05) is 19.7 Å². The van der Waals surface area contributed by atoms with E-state index in [4.69, 9.17) is 4.74 Å². The number of carbonyl (C=O) groups is 1. The van der Waals surface area contributed by atoms with Crippen molar-refractivity contribution in [2.24, 2.45) is 0 Å². The van der Waals surface area contributed by atoms with Crippen LogP contribution in [0.2, 0.25) is 0 Å². The van der Waals surface area contributed by atoms with Crippen LogP contribution in [0.15, 0.2) is 0 Å². The maximum Gasteiger partial charge on any atom is 0.239 e. The molecule has 0 aromatic rings. The number of nitrogens with zero attached hydrogens (tertiary/aromatic N) is 1. The second-order valence-electron chi connectivity index (χ2n) is 5.58. The molecule has 2 aliphatic rings. The Morgan fingerprint density at radius 1 is 1.47 bits per heavy atom. The van der Waals surface area contributed by atoms with Crippen LogP contribution in [-0.4, -0.2) is 48.2 Å². The molecular weight excluding hydrogens is 216 g/mol. The van der Waals surface area contributed by atoms with E-state index < -0.39 is 0 Å². The lowest BCUT2D eigenvalue weighted by atomic mass is 9.93. The summed E-state index contributed by atoms with van der Waals surface area (Å²) in [5.74, 6) is 0.239. The summed E-state index contributed by atoms with van der Waals surface area (Å²) in [5, 5.41) is 3.47. The Labute approximate surface area is 104 Å². The number of hydrogen-bond acceptors (Lipinski definition) is 3. The highest BCUT2D eigenvalue weighted by Crippen LogP contribution is 2.26. The first-order valence-electron chi connectivity index (χ1n) is 6.71. The smallest absolute Gasteiger partial charge is 0.239 e. The molecule has 1 N–H and O–H groups in total. The van der Waals surface area contributed by atoms with Crippen molar-refractivity contribution in [1.82, 2.24) is 10.2 Å². The Morgan fingerprint density at radius 3 is 2.65 bits per heavy atom. The molecule has 3 unspecified atom stereocenters. The summed E-state index contributed by atoms with van der Waals surface area (Å²) in [4.78, 5) is 14.2. The van der Waals surface area contributed by atoms with Gasteiger partial charge in [0.1, 0.15) is 0 Å². The summed E-state index contributed by atoms with van der Waals surface area (Å²) in [5.41, 5.74) is -0.0607. The van der Waals surface area contributed by atoms with Gasteiger partial charge in [0.2, 0.25) is 5.91 Å². The van der Waals surface area contributed by atoms with Crippen LogP contribution in [-0.2, 0) is 9.53 Å². The minimum Gasteiger partial charge on any atom is -0.377 e. The molecule has 0 saturated carbocycles. The maximum atomic E-state index is 12.2. The molecule has 1 amide bonds. The third kappa shape index (κ3) is 2.63. The van der Waals surface area contributed by atoms with Crippen molar-refractivity contribution in [3.63, 3.8) is 0 Å². The second-order valence-corrected chi connectivity index (χ2v) is 5.58. The van der Waals surface area contributed by atoms with Gasteiger partial charge < -0.3 is 9.64 Å². The number of likely N-dealkylation sites (tertiary alicyclic amines) is 1. The Hall–Kier alpha value is -0.610. The zero-order valence-corrected chi connectivity index (χ0v) is 11.2. The van der Waals surface area contributed by atoms with Crippen LogP contribution in [0.4, 0.5) is 0 Å². The summed E-state index contributed by atoms with van der Waals surface area (Å²) in [6.45, 7) is 8.83. The molecule has 0 aliphatic carbocycles. The minimum absolute atomic E-state index is 0.0607. The summed E-state index contributed by atoms with van der Waals surface area (Å²) >= 11 is 0. The van der Waals surface area contributed by atoms with Crippen molar-refractivity contribution >= 4 is 5.91 Å². The zero-order valence-electron chi connectivity index (χ0n) is 11.2. The molecular formula is C13H24N2O2. The molecule has 98 valence electrons. The molecule has 2 aliphatic heterocycles. The van der Waals surface area contributed by atoms with Gasteiger partial charge in [0.25, 0.3) is 0 Å². The highest BCUT2D eigenvalue weighted by atomic mass is 16.5. The van der Waals surface area contributed by atoms with E-state index in [1.165, 1.54) is 0 Å². The first-order chi connectivity index (χ1) is 8.03. The van der Waals surface area contributed by atoms with Crippen LogP contribution < -0.4 is 5.32 Å². The molecule has 0 radical (unpaired) electrons. The molecule has 0 aromatic heterocycles. The van der Waals surface area contributed by atoms with E-state index in [9.17, 15) is 4.79 Å². The van der Waals surface area contributed by atoms with Crippen molar-refractivity contribution in [1.29, 1.82) is 0 Å². The third-order valence-corrected chi connectivity index (χ3v) is 4.22. The lowest BCUT2D eigenvalue weighted by Gasteiger charge is -2.33. The van der Waals surface area contributed by atoms with Crippen LogP contribution in [0.3, 0.4) is 0 Å². The molecule has 0 spiro atoms. The molecule has 2 rings (SSSR count). The summed E-state index contributed by atoms with van der Waals surface area (Å²) in [6, 6.07) is -0.109. The van der Waals surface area contributed by atoms with E-state index in [1.807, 2.05) is 11.8 Å². The largest absolute Gasteiger partial charge is 0.377 e. The van der Waals surface area contributed by atoms with E-state index >= 15 is 0 Å². The molecule has 4 heteroatoms. The fourth-order valence-electron chi connectivity index (χ4n) is 2.79. The summed E-state index contributed by atoms with van der Waals surface area (Å²) < 4.78 is 5.59. The first kappa shape index (κ1) is 12.8. The topological polar surface area (TPSA) is 41.6 Å². The number of hydrogen-bond donors (Lipinski definition) is 1. The van der Waals surface area contributed by atoms with Crippen LogP contribution in [0.1, 0.15) is 40.0 Å². The number of ether oxygens (including phenoxy) is 1. The van der Waals surface area contributed by atoms with E-state index in [-0.39, 0.29) is 23.6 Å². The molecule has 0 aromatic carbocycles. The normalized spacial score (nSPS) is 35.2. The Kier molecular flexibility index (Phi) is 3.73. The standard InChI is InChI=1S/C13H24N2O2/c1-10(12(16)15-7-4-5-8-15)14-13(3)6-9-17-11(13)2/h10-11,14H,4-9H2,1-3H3. The highest BCUT2D eigenvalue weighted by molar-refractivity contribution is 5.81. The van der Waals surface area contributed by atoms with Gasteiger partial charge in [0.05, 0.1) is 12.1 Å². The lowest BCUT2D eigenvalue weighted by Crippen LogP contribution is -2.56. The van der Waals surface area contributed by atoms with Gasteiger partial charge in [-0.05, 0) is 40.0 Å².